The summed E-state index contributed by atoms with van der Waals surface area (Å²) in [6.45, 7) is 1.45. The minimum Gasteiger partial charge on any atom is -0.477 e. The van der Waals surface area contributed by atoms with Gasteiger partial charge in [-0.1, -0.05) is 34.6 Å². The molecular weight excluding hydrogens is 2160 g/mol. The van der Waals surface area contributed by atoms with E-state index in [0.717, 1.165) is 31.3 Å². The van der Waals surface area contributed by atoms with Crippen molar-refractivity contribution in [3.63, 3.8) is 0 Å². The number of rotatable bonds is 31. The standard InChI is InChI=1S/2C23H39O17.C14H26O10.2C8H16O5.5CHNO.2Y/c1-8-10(27)4-23(22(33)34,40-19(8)15(29)11(28)5-24)36-7-13-16(30)17(31)18(32)21(38-13)39-20-9(26)3-14(35-2)37-12(20)6-25;1-8-10(28)4-23(22(33)34,39-18(8)15(30)11(29)5-24)40-20-16(31)12(6-25)37-21(17(20)32)38-19-9(27)3-14(35-2)36-13(19)7-26;1-5-8(17)12(7(4-16)23-13(5)21-2)24-14-11(20)10(19)9(18)6(3-15)22-14;2*1-4-6(10)7(11)5(3-9)13-8(4)12-2;5*2-1-3;;/h2*3,8-21,24-32H,4-7H2,1-2H3,(H,33,34);5-20H,3-4H2,1-2H3;2*4-11H,3H2,1-2H3;5*3H;;/q2*-1;;;;;;;;;;/t8-,9-,10-,11-,12?,13?,14?,15-,16+,17+,18?,19?,20+,21+,23-;8-,9-,10-,11-,12?,13?,14?,15-,16+,17?,18?,19+,20+,21+,23+;5?,6?,7?,8-,9+,10+,11?,12-,13?,14+;4?,5?,6-,7+,8?;4?,5?,6-,7-,8?;;;;;;;/m11111......./s1. The molecule has 10 saturated heterocycles. The Hall–Kier alpha value is -4.40. The van der Waals surface area contributed by atoms with Crippen molar-refractivity contribution in [2.75, 3.05) is 102 Å². The van der Waals surface area contributed by atoms with E-state index in [0.29, 0.717) is 0 Å². The van der Waals surface area contributed by atoms with E-state index >= 15 is 0 Å². The Morgan fingerprint density at radius 3 is 0.912 bits per heavy atom. The Morgan fingerprint density at radius 1 is 0.333 bits per heavy atom. The number of hydrogen-bond donors (Lipinski definition) is 37. The number of aliphatic carboxylic acids is 2. The molecule has 0 saturated carbocycles. The maximum Gasteiger partial charge on any atom is 0.364 e. The van der Waals surface area contributed by atoms with Crippen LogP contribution in [0, 0.1) is 100 Å². The van der Waals surface area contributed by atoms with Gasteiger partial charge in [0.15, 0.2) is 37.7 Å². The zero-order chi connectivity index (χ0) is 111. The first-order valence-corrected chi connectivity index (χ1v) is 43.9. The molecule has 10 aliphatic rings. The van der Waals surface area contributed by atoms with Crippen molar-refractivity contribution in [3.05, 3.63) is 12.8 Å². The van der Waals surface area contributed by atoms with Crippen LogP contribution in [-0.4, -0.2) is 578 Å². The van der Waals surface area contributed by atoms with Crippen LogP contribution in [0.15, 0.2) is 0 Å². The minimum atomic E-state index is -2.80. The third-order valence-corrected chi connectivity index (χ3v) is 24.2. The zero-order valence-corrected chi connectivity index (χ0v) is 86.4. The summed E-state index contributed by atoms with van der Waals surface area (Å²) in [5.74, 6) is -11.9. The molecule has 0 aromatic carbocycles. The van der Waals surface area contributed by atoms with Gasteiger partial charge in [0.05, 0.1) is 121 Å². The van der Waals surface area contributed by atoms with Gasteiger partial charge >= 0.3 is 11.9 Å². The van der Waals surface area contributed by atoms with Crippen molar-refractivity contribution in [2.24, 2.45) is 29.6 Å². The number of methoxy groups -OCH3 is 5. The van der Waals surface area contributed by atoms with Gasteiger partial charge in [-0.15, -0.1) is 0 Å². The molecule has 147 heavy (non-hydrogen) atoms. The van der Waals surface area contributed by atoms with E-state index in [-0.39, 0.29) is 90.5 Å². The largest absolute Gasteiger partial charge is 0.477 e. The molecule has 0 aliphatic carbocycles. The molecule has 10 rings (SSSR count). The second kappa shape index (κ2) is 72.4. The summed E-state index contributed by atoms with van der Waals surface area (Å²) in [6.07, 6.45) is -53.9. The first-order valence-electron chi connectivity index (χ1n) is 43.9. The van der Waals surface area contributed by atoms with Crippen LogP contribution in [0.5, 0.6) is 0 Å². The molecule has 0 bridgehead atoms. The van der Waals surface area contributed by atoms with Crippen LogP contribution < -0.4 is 0 Å². The van der Waals surface area contributed by atoms with Crippen molar-refractivity contribution in [3.8, 4) is 31.3 Å². The first kappa shape index (κ1) is 145. The quantitative estimate of drug-likeness (QED) is 0.0226. The van der Waals surface area contributed by atoms with E-state index in [1.807, 2.05) is 0 Å². The normalized spacial score (nSPS) is 41.7. The molecule has 0 spiro atoms. The van der Waals surface area contributed by atoms with Gasteiger partial charge in [-0.3, -0.25) is 0 Å². The molecule has 0 aromatic heterocycles. The Labute approximate surface area is 890 Å². The number of aliphatic hydroxyl groups excluding tert-OH is 35. The van der Waals surface area contributed by atoms with Gasteiger partial charge in [0.1, 0.15) is 146 Å². The summed E-state index contributed by atoms with van der Waals surface area (Å²) in [5.41, 5.74) is 0. The third-order valence-electron chi connectivity index (χ3n) is 24.2. The van der Waals surface area contributed by atoms with Crippen LogP contribution in [0.3, 0.4) is 0 Å². The van der Waals surface area contributed by atoms with Crippen molar-refractivity contribution in [1.29, 1.82) is 26.3 Å². The predicted octanol–water partition coefficient (Wildman–Crippen LogP) is -18.0. The molecule has 10 heterocycles. The van der Waals surface area contributed by atoms with E-state index in [9.17, 15) is 163 Å². The van der Waals surface area contributed by atoms with Crippen LogP contribution in [-0.2, 0) is 170 Å². The number of hydrogen-bond acceptors (Lipinski definition) is 62. The Kier molecular flexibility index (Phi) is 71.3. The molecular formula is C81H141N5O59Y2-2. The molecule has 10 aliphatic heterocycles. The van der Waals surface area contributed by atoms with Crippen molar-refractivity contribution < 1.29 is 359 Å². The summed E-state index contributed by atoms with van der Waals surface area (Å²) in [5, 5.41) is 386. The number of carboxylic acids is 2. The van der Waals surface area contributed by atoms with Crippen LogP contribution in [0.2, 0.25) is 0 Å². The minimum absolute atomic E-state index is 0. The topological polar surface area (TPSA) is 1090 Å². The molecule has 21 unspecified atom stereocenters. The summed E-state index contributed by atoms with van der Waals surface area (Å²) in [6, 6.07) is 0. The molecule has 2 radical (unpaired) electrons. The molecule has 10 fully saturated rings. The van der Waals surface area contributed by atoms with Crippen molar-refractivity contribution >= 4 is 11.9 Å². The fourth-order valence-corrected chi connectivity index (χ4v) is 15.7. The summed E-state index contributed by atoms with van der Waals surface area (Å²) in [4.78, 5) is 24.7. The van der Waals surface area contributed by atoms with Gasteiger partial charge in [0, 0.05) is 156 Å². The third kappa shape index (κ3) is 40.0. The maximum absolute atomic E-state index is 12.4. The Balaban J connectivity index is 0. The molecule has 50 atom stereocenters. The molecule has 66 heteroatoms. The number of aliphatic hydroxyl groups is 35. The smallest absolute Gasteiger partial charge is 0.364 e. The van der Waals surface area contributed by atoms with E-state index in [2.05, 4.69) is 0 Å². The van der Waals surface area contributed by atoms with Crippen LogP contribution >= 0.6 is 0 Å². The molecule has 852 valence electrons. The molecule has 64 nitrogen and oxygen atoms in total. The number of ether oxygens (including phenoxy) is 20. The summed E-state index contributed by atoms with van der Waals surface area (Å²) < 4.78 is 107. The van der Waals surface area contributed by atoms with Crippen LogP contribution in [0.4, 0.5) is 0 Å². The molecule has 0 amide bonds. The maximum atomic E-state index is 12.4. The predicted molar refractivity (Wildman–Crippen MR) is 452 cm³/mol. The van der Waals surface area contributed by atoms with Gasteiger partial charge in [-0.2, -0.15) is 26.3 Å². The van der Waals surface area contributed by atoms with Crippen molar-refractivity contribution in [2.45, 2.75) is 323 Å². The first-order chi connectivity index (χ1) is 68.3. The van der Waals surface area contributed by atoms with Crippen LogP contribution in [0.25, 0.3) is 0 Å². The summed E-state index contributed by atoms with van der Waals surface area (Å²) in [7, 11) is 6.92. The Bertz CT molecular complexity index is 3630. The average Bonchev–Trinajstić information content (AvgIpc) is 0.747. The van der Waals surface area contributed by atoms with Crippen molar-refractivity contribution in [1.82, 2.24) is 0 Å². The fraction of sp³-hybridized carbons (Fsp3) is 0.889. The van der Waals surface area contributed by atoms with Gasteiger partial charge in [0.25, 0.3) is 42.9 Å². The average molecular weight is 2310 g/mol. The second-order valence-electron chi connectivity index (χ2n) is 33.3. The van der Waals surface area contributed by atoms with E-state index < -0.39 is 371 Å². The summed E-state index contributed by atoms with van der Waals surface area (Å²) >= 11 is 0. The Morgan fingerprint density at radius 2 is 0.599 bits per heavy atom. The zero-order valence-electron chi connectivity index (χ0n) is 80.8. The van der Waals surface area contributed by atoms with Gasteiger partial charge in [0.2, 0.25) is 0 Å². The molecule has 0 aromatic rings. The second-order valence-corrected chi connectivity index (χ2v) is 33.3. The number of carboxylic acid groups (broad SMARTS) is 2. The number of carbonyl (C=O) groups is 2. The van der Waals surface area contributed by atoms with E-state index in [1.165, 1.54) is 62.2 Å². The van der Waals surface area contributed by atoms with Gasteiger partial charge < -0.3 is 284 Å². The van der Waals surface area contributed by atoms with Gasteiger partial charge in [-0.05, 0) is 12.2 Å². The SMILES string of the molecule is COC1OC(CO)[C@@H](O)[C@H](O)C1C.COC1OC(CO)[C@@H](O[C@@H]2OC(CO)[C@H](O)[C@H](O)C2O)[C@H](O)C1C.COC1OC(CO)[C@H](O)[C@H](O)C1C.COC1[CH-][C@@H](O)[C@H](O[C@@H]2OC(CO)[C@H](O)[C@H](O[C@]3(C(=O)O)C[C@@H](O)[C@@H](C)C([C@H](O)[C@H](O)CO)O3)C2O)C(CO)O1.COC1[CH-][C@@H](O)[C@H](O[C@@H]2OC(CO[C@]3(C(=O)O)C[C@@H](O)[C@@H](C)C([C@H](O)[C@H](O)CO)O3)[C@H](O)[C@H](O)C2O)C(CO)O1.N#CO.N#CO.N#CO.N#CO.N#CO.[Y].[Y]. The van der Waals surface area contributed by atoms with Gasteiger partial charge in [-0.25, -0.2) is 22.4 Å². The number of nitriles is 5. The monoisotopic (exact) mass is 2310 g/mol. The molecule has 37 N–H and O–H groups in total. The fourth-order valence-electron chi connectivity index (χ4n) is 15.7. The van der Waals surface area contributed by atoms with E-state index in [1.54, 1.807) is 20.8 Å². The van der Waals surface area contributed by atoms with Crippen LogP contribution in [0.1, 0.15) is 47.5 Å². The van der Waals surface area contributed by atoms with E-state index in [4.69, 9.17) is 157 Å². The number of nitrogens with zero attached hydrogens (tertiary/aromatic N) is 5.